The molecule has 19 heavy (non-hydrogen) atoms. The van der Waals surface area contributed by atoms with Gasteiger partial charge in [0, 0.05) is 15.2 Å². The maximum absolute atomic E-state index is 6.29. The summed E-state index contributed by atoms with van der Waals surface area (Å²) in [7, 11) is 0. The van der Waals surface area contributed by atoms with E-state index >= 15 is 0 Å². The van der Waals surface area contributed by atoms with Gasteiger partial charge in [0.25, 0.3) is 0 Å². The van der Waals surface area contributed by atoms with Gasteiger partial charge in [-0.2, -0.15) is 0 Å². The molecule has 2 rings (SSSR count). The molecule has 2 aromatic rings. The van der Waals surface area contributed by atoms with Crippen molar-refractivity contribution in [1.82, 2.24) is 0 Å². The summed E-state index contributed by atoms with van der Waals surface area (Å²) in [5.74, 6) is 0. The van der Waals surface area contributed by atoms with Crippen molar-refractivity contribution in [3.63, 3.8) is 0 Å². The number of aryl methyl sites for hydroxylation is 2. The van der Waals surface area contributed by atoms with Crippen molar-refractivity contribution in [2.75, 3.05) is 5.32 Å². The van der Waals surface area contributed by atoms with E-state index in [4.69, 9.17) is 11.6 Å². The molecule has 0 fully saturated rings. The standard InChI is InChI=1S/C16H17BrClN/c1-10-4-5-11(2)16(8-10)19-12(3)14-7-6-13(17)9-15(14)18/h4-9,12,19H,1-3H3. The average molecular weight is 339 g/mol. The van der Waals surface area contributed by atoms with E-state index in [1.165, 1.54) is 11.1 Å². The van der Waals surface area contributed by atoms with Gasteiger partial charge >= 0.3 is 0 Å². The predicted octanol–water partition coefficient (Wildman–Crippen LogP) is 5.89. The summed E-state index contributed by atoms with van der Waals surface area (Å²) in [4.78, 5) is 0. The number of nitrogens with one attached hydrogen (secondary N) is 1. The Kier molecular flexibility index (Phi) is 4.54. The van der Waals surface area contributed by atoms with E-state index in [-0.39, 0.29) is 6.04 Å². The first-order valence-corrected chi connectivity index (χ1v) is 7.43. The summed E-state index contributed by atoms with van der Waals surface area (Å²) >= 11 is 9.72. The molecular weight excluding hydrogens is 322 g/mol. The SMILES string of the molecule is Cc1ccc(C)c(NC(C)c2ccc(Br)cc2Cl)c1. The van der Waals surface area contributed by atoms with Gasteiger partial charge in [-0.3, -0.25) is 0 Å². The second kappa shape index (κ2) is 5.98. The molecular formula is C16H17BrClN. The fourth-order valence-corrected chi connectivity index (χ4v) is 2.89. The summed E-state index contributed by atoms with van der Waals surface area (Å²) in [5.41, 5.74) is 4.75. The zero-order valence-electron chi connectivity index (χ0n) is 11.3. The maximum Gasteiger partial charge on any atom is 0.0500 e. The molecule has 1 N–H and O–H groups in total. The third-order valence-corrected chi connectivity index (χ3v) is 4.01. The van der Waals surface area contributed by atoms with Gasteiger partial charge in [-0.05, 0) is 55.7 Å². The van der Waals surface area contributed by atoms with Crippen molar-refractivity contribution in [2.45, 2.75) is 26.8 Å². The Morgan fingerprint density at radius 1 is 1.11 bits per heavy atom. The molecule has 0 spiro atoms. The zero-order chi connectivity index (χ0) is 14.0. The van der Waals surface area contributed by atoms with Crippen LogP contribution < -0.4 is 5.32 Å². The highest BCUT2D eigenvalue weighted by Crippen LogP contribution is 2.29. The monoisotopic (exact) mass is 337 g/mol. The van der Waals surface area contributed by atoms with Crippen LogP contribution in [-0.2, 0) is 0 Å². The van der Waals surface area contributed by atoms with E-state index in [1.54, 1.807) is 0 Å². The molecule has 0 amide bonds. The van der Waals surface area contributed by atoms with E-state index < -0.39 is 0 Å². The molecule has 1 atom stereocenters. The van der Waals surface area contributed by atoms with Crippen LogP contribution in [0.5, 0.6) is 0 Å². The summed E-state index contributed by atoms with van der Waals surface area (Å²) < 4.78 is 1.00. The van der Waals surface area contributed by atoms with Crippen LogP contribution in [0.25, 0.3) is 0 Å². The van der Waals surface area contributed by atoms with E-state index in [2.05, 4.69) is 66.3 Å². The van der Waals surface area contributed by atoms with Crippen molar-refractivity contribution in [2.24, 2.45) is 0 Å². The quantitative estimate of drug-likeness (QED) is 0.735. The largest absolute Gasteiger partial charge is 0.378 e. The fraction of sp³-hybridized carbons (Fsp3) is 0.250. The lowest BCUT2D eigenvalue weighted by molar-refractivity contribution is 0.882. The first-order valence-electron chi connectivity index (χ1n) is 6.26. The van der Waals surface area contributed by atoms with Gasteiger partial charge in [0.15, 0.2) is 0 Å². The number of halogens is 2. The average Bonchev–Trinajstić information content (AvgIpc) is 2.33. The maximum atomic E-state index is 6.29. The molecule has 0 heterocycles. The smallest absolute Gasteiger partial charge is 0.0500 e. The summed E-state index contributed by atoms with van der Waals surface area (Å²) in [6, 6.07) is 12.6. The van der Waals surface area contributed by atoms with Gasteiger partial charge in [-0.1, -0.05) is 45.7 Å². The van der Waals surface area contributed by atoms with Gasteiger partial charge in [0.05, 0.1) is 6.04 Å². The Balaban J connectivity index is 2.25. The molecule has 3 heteroatoms. The first kappa shape index (κ1) is 14.4. The van der Waals surface area contributed by atoms with Crippen molar-refractivity contribution >= 4 is 33.2 Å². The van der Waals surface area contributed by atoms with Crippen LogP contribution in [0.3, 0.4) is 0 Å². The highest BCUT2D eigenvalue weighted by atomic mass is 79.9. The third-order valence-electron chi connectivity index (χ3n) is 3.19. The highest BCUT2D eigenvalue weighted by Gasteiger charge is 2.11. The van der Waals surface area contributed by atoms with Crippen molar-refractivity contribution in [3.8, 4) is 0 Å². The highest BCUT2D eigenvalue weighted by molar-refractivity contribution is 9.10. The first-order chi connectivity index (χ1) is 8.97. The van der Waals surface area contributed by atoms with Gasteiger partial charge in [0.2, 0.25) is 0 Å². The van der Waals surface area contributed by atoms with Crippen molar-refractivity contribution in [3.05, 3.63) is 62.6 Å². The van der Waals surface area contributed by atoms with E-state index in [0.717, 1.165) is 20.7 Å². The Hall–Kier alpha value is -0.990. The van der Waals surface area contributed by atoms with Crippen LogP contribution in [0.15, 0.2) is 40.9 Å². The second-order valence-electron chi connectivity index (χ2n) is 4.85. The Morgan fingerprint density at radius 2 is 1.84 bits per heavy atom. The van der Waals surface area contributed by atoms with E-state index in [0.29, 0.717) is 0 Å². The van der Waals surface area contributed by atoms with Crippen LogP contribution in [0.2, 0.25) is 5.02 Å². The van der Waals surface area contributed by atoms with E-state index in [9.17, 15) is 0 Å². The lowest BCUT2D eigenvalue weighted by Gasteiger charge is -2.19. The number of anilines is 1. The predicted molar refractivity (Wildman–Crippen MR) is 87.1 cm³/mol. The number of benzene rings is 2. The van der Waals surface area contributed by atoms with Crippen LogP contribution in [0.4, 0.5) is 5.69 Å². The van der Waals surface area contributed by atoms with Gasteiger partial charge < -0.3 is 5.32 Å². The number of hydrogen-bond acceptors (Lipinski definition) is 1. The molecule has 0 saturated carbocycles. The Morgan fingerprint density at radius 3 is 2.53 bits per heavy atom. The number of hydrogen-bond donors (Lipinski definition) is 1. The van der Waals surface area contributed by atoms with Gasteiger partial charge in [-0.15, -0.1) is 0 Å². The number of rotatable bonds is 3. The minimum absolute atomic E-state index is 0.168. The summed E-state index contributed by atoms with van der Waals surface area (Å²) in [6.07, 6.45) is 0. The molecule has 2 aromatic carbocycles. The minimum atomic E-state index is 0.168. The van der Waals surface area contributed by atoms with Crippen LogP contribution in [-0.4, -0.2) is 0 Å². The van der Waals surface area contributed by atoms with Gasteiger partial charge in [0.1, 0.15) is 0 Å². The van der Waals surface area contributed by atoms with Crippen LogP contribution in [0, 0.1) is 13.8 Å². The fourth-order valence-electron chi connectivity index (χ4n) is 2.06. The third kappa shape index (κ3) is 3.52. The topological polar surface area (TPSA) is 12.0 Å². The molecule has 0 aliphatic heterocycles. The van der Waals surface area contributed by atoms with E-state index in [1.807, 2.05) is 12.1 Å². The van der Waals surface area contributed by atoms with Crippen molar-refractivity contribution in [1.29, 1.82) is 0 Å². The molecule has 0 aromatic heterocycles. The molecule has 0 aliphatic rings. The molecule has 1 nitrogen and oxygen atoms in total. The lowest BCUT2D eigenvalue weighted by Crippen LogP contribution is -2.08. The summed E-state index contributed by atoms with van der Waals surface area (Å²) in [6.45, 7) is 6.33. The lowest BCUT2D eigenvalue weighted by atomic mass is 10.1. The molecule has 0 bridgehead atoms. The Labute approximate surface area is 128 Å². The second-order valence-corrected chi connectivity index (χ2v) is 6.17. The molecule has 0 radical (unpaired) electrons. The summed E-state index contributed by atoms with van der Waals surface area (Å²) in [5, 5.41) is 4.31. The van der Waals surface area contributed by atoms with Crippen LogP contribution >= 0.6 is 27.5 Å². The normalized spacial score (nSPS) is 12.3. The molecule has 1 unspecified atom stereocenters. The molecule has 0 saturated heterocycles. The van der Waals surface area contributed by atoms with Crippen molar-refractivity contribution < 1.29 is 0 Å². The van der Waals surface area contributed by atoms with Gasteiger partial charge in [-0.25, -0.2) is 0 Å². The molecule has 0 aliphatic carbocycles. The zero-order valence-corrected chi connectivity index (χ0v) is 13.6. The van der Waals surface area contributed by atoms with Crippen LogP contribution in [0.1, 0.15) is 29.7 Å². The molecule has 100 valence electrons. The minimum Gasteiger partial charge on any atom is -0.378 e. The Bertz CT molecular complexity index is 595.